The van der Waals surface area contributed by atoms with Crippen molar-refractivity contribution in [1.29, 1.82) is 0 Å². The molecule has 2 aromatic rings. The molecule has 0 amide bonds. The summed E-state index contributed by atoms with van der Waals surface area (Å²) in [7, 11) is 1.86. The van der Waals surface area contributed by atoms with Gasteiger partial charge in [0, 0.05) is 12.8 Å². The maximum Gasteiger partial charge on any atom is 0.416 e. The van der Waals surface area contributed by atoms with Crippen LogP contribution >= 0.6 is 0 Å². The lowest BCUT2D eigenvalue weighted by molar-refractivity contribution is -0.137. The summed E-state index contributed by atoms with van der Waals surface area (Å²) in [6, 6.07) is 4.98. The third-order valence-corrected chi connectivity index (χ3v) is 2.97. The van der Waals surface area contributed by atoms with E-state index in [0.717, 1.165) is 25.1 Å². The zero-order valence-corrected chi connectivity index (χ0v) is 11.6. The predicted molar refractivity (Wildman–Crippen MR) is 70.8 cm³/mol. The Morgan fingerprint density at radius 3 is 2.52 bits per heavy atom. The molecule has 7 heteroatoms. The Morgan fingerprint density at radius 1 is 1.19 bits per heavy atom. The quantitative estimate of drug-likeness (QED) is 0.833. The van der Waals surface area contributed by atoms with E-state index in [9.17, 15) is 13.2 Å². The van der Waals surface area contributed by atoms with Gasteiger partial charge in [0.05, 0.1) is 5.56 Å². The molecule has 0 radical (unpaired) electrons. The summed E-state index contributed by atoms with van der Waals surface area (Å²) in [5.41, 5.74) is 0.0534. The number of nitrogens with zero attached hydrogens (tertiary/aromatic N) is 2. The van der Waals surface area contributed by atoms with E-state index in [0.29, 0.717) is 30.1 Å². The molecule has 0 bridgehead atoms. The van der Waals surface area contributed by atoms with Crippen molar-refractivity contribution in [2.75, 3.05) is 13.6 Å². The molecule has 0 unspecified atom stereocenters. The molecular formula is C14H16F3N3O. The molecule has 114 valence electrons. The molecule has 1 aromatic heterocycles. The predicted octanol–water partition coefficient (Wildman–Crippen LogP) is 2.83. The van der Waals surface area contributed by atoms with Crippen LogP contribution in [0.25, 0.3) is 0 Å². The molecule has 4 nitrogen and oxygen atoms in total. The fraction of sp³-hybridized carbons (Fsp3) is 0.429. The zero-order chi connectivity index (χ0) is 15.3. The van der Waals surface area contributed by atoms with Crippen LogP contribution in [0.5, 0.6) is 0 Å². The van der Waals surface area contributed by atoms with Gasteiger partial charge in [0.2, 0.25) is 5.89 Å². The maximum absolute atomic E-state index is 12.5. The van der Waals surface area contributed by atoms with Crippen LogP contribution < -0.4 is 5.32 Å². The smallest absolute Gasteiger partial charge is 0.339 e. The van der Waals surface area contributed by atoms with Crippen LogP contribution in [0.15, 0.2) is 28.8 Å². The summed E-state index contributed by atoms with van der Waals surface area (Å²) in [6.45, 7) is 0.858. The van der Waals surface area contributed by atoms with Crippen LogP contribution in [-0.4, -0.2) is 23.7 Å². The molecule has 0 fully saturated rings. The van der Waals surface area contributed by atoms with Gasteiger partial charge in [0.15, 0.2) is 5.82 Å². The van der Waals surface area contributed by atoms with Crippen molar-refractivity contribution < 1.29 is 17.7 Å². The van der Waals surface area contributed by atoms with E-state index in [1.54, 1.807) is 0 Å². The number of benzene rings is 1. The largest absolute Gasteiger partial charge is 0.416 e. The van der Waals surface area contributed by atoms with E-state index in [1.165, 1.54) is 12.1 Å². The topological polar surface area (TPSA) is 51.0 Å². The minimum absolute atomic E-state index is 0.355. The van der Waals surface area contributed by atoms with Crippen LogP contribution in [0.4, 0.5) is 13.2 Å². The normalized spacial score (nSPS) is 11.8. The van der Waals surface area contributed by atoms with Crippen molar-refractivity contribution in [2.45, 2.75) is 25.4 Å². The lowest BCUT2D eigenvalue weighted by atomic mass is 10.1. The fourth-order valence-electron chi connectivity index (χ4n) is 1.87. The molecule has 0 aliphatic carbocycles. The second kappa shape index (κ2) is 6.71. The van der Waals surface area contributed by atoms with E-state index in [-0.39, 0.29) is 0 Å². The lowest BCUT2D eigenvalue weighted by Crippen LogP contribution is -2.08. The van der Waals surface area contributed by atoms with Crippen molar-refractivity contribution in [3.05, 3.63) is 47.1 Å². The molecule has 1 aromatic carbocycles. The highest BCUT2D eigenvalue weighted by Crippen LogP contribution is 2.29. The van der Waals surface area contributed by atoms with Gasteiger partial charge in [-0.1, -0.05) is 17.3 Å². The average molecular weight is 299 g/mol. The van der Waals surface area contributed by atoms with Crippen molar-refractivity contribution in [3.63, 3.8) is 0 Å². The maximum atomic E-state index is 12.5. The van der Waals surface area contributed by atoms with Gasteiger partial charge in [-0.2, -0.15) is 18.2 Å². The van der Waals surface area contributed by atoms with E-state index in [2.05, 4.69) is 15.5 Å². The molecule has 1 N–H and O–H groups in total. The van der Waals surface area contributed by atoms with E-state index in [1.807, 2.05) is 7.05 Å². The summed E-state index contributed by atoms with van der Waals surface area (Å²) in [5.74, 6) is 1.03. The van der Waals surface area contributed by atoms with Crippen molar-refractivity contribution >= 4 is 0 Å². The standard InChI is InChI=1S/C14H16F3N3O/c1-18-8-2-3-13-19-12(20-21-13)9-10-4-6-11(7-5-10)14(15,16)17/h4-7,18H,2-3,8-9H2,1H3. The molecule has 0 spiro atoms. The van der Waals surface area contributed by atoms with Crippen LogP contribution in [0.3, 0.4) is 0 Å². The van der Waals surface area contributed by atoms with Gasteiger partial charge in [-0.15, -0.1) is 0 Å². The summed E-state index contributed by atoms with van der Waals surface area (Å²) in [4.78, 5) is 4.22. The van der Waals surface area contributed by atoms with Crippen molar-refractivity contribution in [3.8, 4) is 0 Å². The van der Waals surface area contributed by atoms with E-state index >= 15 is 0 Å². The third-order valence-electron chi connectivity index (χ3n) is 2.97. The monoisotopic (exact) mass is 299 g/mol. The summed E-state index contributed by atoms with van der Waals surface area (Å²) in [5, 5.41) is 6.85. The molecular weight excluding hydrogens is 283 g/mol. The molecule has 0 atom stereocenters. The van der Waals surface area contributed by atoms with E-state index in [4.69, 9.17) is 4.52 Å². The number of alkyl halides is 3. The van der Waals surface area contributed by atoms with Gasteiger partial charge in [-0.25, -0.2) is 0 Å². The van der Waals surface area contributed by atoms with Crippen LogP contribution in [0.1, 0.15) is 29.3 Å². The second-order valence-electron chi connectivity index (χ2n) is 4.68. The number of aryl methyl sites for hydroxylation is 1. The van der Waals surface area contributed by atoms with Crippen LogP contribution in [0, 0.1) is 0 Å². The van der Waals surface area contributed by atoms with Gasteiger partial charge < -0.3 is 9.84 Å². The summed E-state index contributed by atoms with van der Waals surface area (Å²) in [6.07, 6.45) is -2.39. The minimum atomic E-state index is -4.31. The Balaban J connectivity index is 1.95. The fourth-order valence-corrected chi connectivity index (χ4v) is 1.87. The van der Waals surface area contributed by atoms with E-state index < -0.39 is 11.7 Å². The van der Waals surface area contributed by atoms with Crippen LogP contribution in [0.2, 0.25) is 0 Å². The Hall–Kier alpha value is -1.89. The van der Waals surface area contributed by atoms with Crippen molar-refractivity contribution in [2.24, 2.45) is 0 Å². The highest BCUT2D eigenvalue weighted by atomic mass is 19.4. The van der Waals surface area contributed by atoms with Gasteiger partial charge in [0.25, 0.3) is 0 Å². The van der Waals surface area contributed by atoms with Crippen molar-refractivity contribution in [1.82, 2.24) is 15.5 Å². The minimum Gasteiger partial charge on any atom is -0.339 e. The first kappa shape index (κ1) is 15.5. The molecule has 21 heavy (non-hydrogen) atoms. The second-order valence-corrected chi connectivity index (χ2v) is 4.68. The number of hydrogen-bond donors (Lipinski definition) is 1. The Morgan fingerprint density at radius 2 is 1.90 bits per heavy atom. The third kappa shape index (κ3) is 4.56. The Bertz CT molecular complexity index is 564. The number of aromatic nitrogens is 2. The van der Waals surface area contributed by atoms with Gasteiger partial charge in [-0.3, -0.25) is 0 Å². The Kier molecular flexibility index (Phi) is 4.95. The summed E-state index contributed by atoms with van der Waals surface area (Å²) >= 11 is 0. The van der Waals surface area contributed by atoms with Crippen LogP contribution in [-0.2, 0) is 19.0 Å². The first-order valence-corrected chi connectivity index (χ1v) is 6.61. The number of hydrogen-bond acceptors (Lipinski definition) is 4. The molecule has 0 aliphatic rings. The Labute approximate surface area is 120 Å². The first-order chi connectivity index (χ1) is 9.99. The SMILES string of the molecule is CNCCCc1nc(Cc2ccc(C(F)(F)F)cc2)no1. The zero-order valence-electron chi connectivity index (χ0n) is 11.6. The lowest BCUT2D eigenvalue weighted by Gasteiger charge is -2.06. The highest BCUT2D eigenvalue weighted by molar-refractivity contribution is 5.26. The summed E-state index contributed by atoms with van der Waals surface area (Å²) < 4.78 is 42.5. The first-order valence-electron chi connectivity index (χ1n) is 6.61. The molecule has 0 saturated heterocycles. The molecule has 0 aliphatic heterocycles. The molecule has 2 rings (SSSR count). The van der Waals surface area contributed by atoms with Gasteiger partial charge in [0.1, 0.15) is 0 Å². The highest BCUT2D eigenvalue weighted by Gasteiger charge is 2.29. The molecule has 0 saturated carbocycles. The molecule has 1 heterocycles. The average Bonchev–Trinajstić information content (AvgIpc) is 2.86. The number of nitrogens with one attached hydrogen (secondary N) is 1. The number of halogens is 3. The van der Waals surface area contributed by atoms with Gasteiger partial charge in [-0.05, 0) is 37.7 Å². The van der Waals surface area contributed by atoms with Gasteiger partial charge >= 0.3 is 6.18 Å². The number of rotatable bonds is 6.